The first-order chi connectivity index (χ1) is 21.3. The molecule has 0 N–H and O–H groups in total. The maximum Gasteiger partial charge on any atom is 0.0359 e. The largest absolute Gasteiger partial charge is 0.286 e. The second kappa shape index (κ2) is 10.8. The highest BCUT2D eigenvalue weighted by Crippen LogP contribution is 2.53. The van der Waals surface area contributed by atoms with Crippen LogP contribution in [-0.4, -0.2) is 23.0 Å². The van der Waals surface area contributed by atoms with Crippen LogP contribution in [0.15, 0.2) is 144 Å². The number of rotatable bonds is 3. The van der Waals surface area contributed by atoms with Crippen LogP contribution in [0.2, 0.25) is 0 Å². The molecule has 43 heavy (non-hydrogen) atoms. The van der Waals surface area contributed by atoms with E-state index in [0.29, 0.717) is 59.6 Å². The van der Waals surface area contributed by atoms with E-state index >= 15 is 0 Å². The van der Waals surface area contributed by atoms with E-state index in [2.05, 4.69) is 126 Å². The van der Waals surface area contributed by atoms with Gasteiger partial charge in [-0.15, -0.1) is 0 Å². The topological polar surface area (TPSA) is 3.24 Å². The minimum absolute atomic E-state index is 0.497. The summed E-state index contributed by atoms with van der Waals surface area (Å²) in [4.78, 5) is 2.96. The fraction of sp³-hybridized carbons (Fsp3) is 0.429. The van der Waals surface area contributed by atoms with Crippen LogP contribution in [0.1, 0.15) is 44.9 Å². The van der Waals surface area contributed by atoms with Gasteiger partial charge in [-0.3, -0.25) is 4.90 Å². The predicted octanol–water partition coefficient (Wildman–Crippen LogP) is 9.33. The van der Waals surface area contributed by atoms with Gasteiger partial charge in [0.1, 0.15) is 0 Å². The Hall–Kier alpha value is -3.16. The van der Waals surface area contributed by atoms with E-state index in [0.717, 1.165) is 5.92 Å². The number of fused-ring (bicyclic) bond motifs is 8. The Balaban J connectivity index is 1.02. The Morgan fingerprint density at radius 3 is 2.49 bits per heavy atom. The number of allylic oxidation sites excluding steroid dienone is 19. The highest BCUT2D eigenvalue weighted by Gasteiger charge is 2.50. The van der Waals surface area contributed by atoms with Gasteiger partial charge >= 0.3 is 0 Å². The highest BCUT2D eigenvalue weighted by atomic mass is 15.3. The summed E-state index contributed by atoms with van der Waals surface area (Å²) in [5.41, 5.74) is 6.59. The average Bonchev–Trinajstić information content (AvgIpc) is 3.42. The Kier molecular flexibility index (Phi) is 6.58. The van der Waals surface area contributed by atoms with Crippen molar-refractivity contribution in [3.63, 3.8) is 0 Å². The minimum atomic E-state index is 0.497. The molecule has 1 aliphatic heterocycles. The fourth-order valence-corrected chi connectivity index (χ4v) is 10.5. The number of hydrogen-bond donors (Lipinski definition) is 0. The number of likely N-dealkylation sites (tertiary alicyclic amines) is 1. The molecule has 1 heteroatoms. The molecule has 1 fully saturated rings. The first-order valence-corrected chi connectivity index (χ1v) is 17.3. The summed E-state index contributed by atoms with van der Waals surface area (Å²) in [6.45, 7) is 0. The molecule has 1 nitrogen and oxygen atoms in total. The van der Waals surface area contributed by atoms with Gasteiger partial charge in [-0.05, 0) is 73.8 Å². The smallest absolute Gasteiger partial charge is 0.0359 e. The van der Waals surface area contributed by atoms with Crippen LogP contribution in [-0.2, 0) is 0 Å². The van der Waals surface area contributed by atoms with Crippen LogP contribution >= 0.6 is 0 Å². The summed E-state index contributed by atoms with van der Waals surface area (Å²) in [6, 6.07) is 1.58. The molecule has 11 unspecified atom stereocenters. The van der Waals surface area contributed by atoms with E-state index < -0.39 is 0 Å². The van der Waals surface area contributed by atoms with Crippen molar-refractivity contribution in [2.45, 2.75) is 63.1 Å². The normalized spacial score (nSPS) is 43.6. The van der Waals surface area contributed by atoms with Crippen LogP contribution in [0, 0.1) is 47.3 Å². The SMILES string of the molecule is C1=CC2C3=C(C=CCC3)C3C=C(C4C=CC5C6C=CC=CC6N(C6C=CC=C(C7CC=CCC7)C6)C5C4)C=CC3C2C=C1. The molecular weight excluding hydrogens is 518 g/mol. The molecular formula is C42H45N. The van der Waals surface area contributed by atoms with Gasteiger partial charge in [-0.1, -0.05) is 133 Å². The Morgan fingerprint density at radius 1 is 0.674 bits per heavy atom. The summed E-state index contributed by atoms with van der Waals surface area (Å²) in [5, 5.41) is 0. The second-order valence-corrected chi connectivity index (χ2v) is 14.5. The van der Waals surface area contributed by atoms with Crippen molar-refractivity contribution in [3.05, 3.63) is 144 Å². The molecule has 9 aliphatic rings. The van der Waals surface area contributed by atoms with Crippen molar-refractivity contribution >= 4 is 0 Å². The first-order valence-electron chi connectivity index (χ1n) is 17.3. The Morgan fingerprint density at radius 2 is 1.56 bits per heavy atom. The summed E-state index contributed by atoms with van der Waals surface area (Å²) < 4.78 is 0. The lowest BCUT2D eigenvalue weighted by molar-refractivity contribution is 0.146. The van der Waals surface area contributed by atoms with Crippen molar-refractivity contribution in [2.24, 2.45) is 47.3 Å². The third-order valence-corrected chi connectivity index (χ3v) is 12.4. The molecule has 0 aromatic heterocycles. The second-order valence-electron chi connectivity index (χ2n) is 14.5. The van der Waals surface area contributed by atoms with E-state index in [1.807, 2.05) is 0 Å². The van der Waals surface area contributed by atoms with Crippen LogP contribution in [0.3, 0.4) is 0 Å². The van der Waals surface area contributed by atoms with Gasteiger partial charge in [0.25, 0.3) is 0 Å². The molecule has 1 heterocycles. The maximum absolute atomic E-state index is 2.96. The zero-order chi connectivity index (χ0) is 28.3. The van der Waals surface area contributed by atoms with E-state index in [-0.39, 0.29) is 0 Å². The highest BCUT2D eigenvalue weighted by molar-refractivity contribution is 5.48. The monoisotopic (exact) mass is 563 g/mol. The van der Waals surface area contributed by atoms with Crippen molar-refractivity contribution < 1.29 is 0 Å². The molecule has 1 saturated heterocycles. The molecule has 11 atom stereocenters. The van der Waals surface area contributed by atoms with Gasteiger partial charge in [-0.25, -0.2) is 0 Å². The van der Waals surface area contributed by atoms with Gasteiger partial charge in [0.05, 0.1) is 0 Å². The molecule has 218 valence electrons. The van der Waals surface area contributed by atoms with Crippen molar-refractivity contribution in [3.8, 4) is 0 Å². The Bertz CT molecular complexity index is 1530. The molecule has 0 saturated carbocycles. The lowest BCUT2D eigenvalue weighted by Gasteiger charge is -2.45. The van der Waals surface area contributed by atoms with Crippen LogP contribution in [0.25, 0.3) is 0 Å². The molecule has 0 aromatic carbocycles. The zero-order valence-corrected chi connectivity index (χ0v) is 25.3. The number of nitrogens with zero attached hydrogens (tertiary/aromatic N) is 1. The first kappa shape index (κ1) is 26.3. The van der Waals surface area contributed by atoms with E-state index in [9.17, 15) is 0 Å². The van der Waals surface area contributed by atoms with Gasteiger partial charge in [0, 0.05) is 47.7 Å². The van der Waals surface area contributed by atoms with E-state index in [4.69, 9.17) is 0 Å². The molecule has 9 rings (SSSR count). The van der Waals surface area contributed by atoms with Gasteiger partial charge in [-0.2, -0.15) is 0 Å². The van der Waals surface area contributed by atoms with Gasteiger partial charge in [0.15, 0.2) is 0 Å². The van der Waals surface area contributed by atoms with Crippen LogP contribution < -0.4 is 0 Å². The van der Waals surface area contributed by atoms with Crippen LogP contribution in [0.5, 0.6) is 0 Å². The van der Waals surface area contributed by atoms with E-state index in [1.54, 1.807) is 22.3 Å². The van der Waals surface area contributed by atoms with Gasteiger partial charge in [0.2, 0.25) is 0 Å². The molecule has 0 bridgehead atoms. The molecule has 0 radical (unpaired) electrons. The third kappa shape index (κ3) is 4.37. The standard InChI is InChI=1S/C42H45N/c1-2-11-28(12-3-1)29-13-10-14-32(25-29)43-41-20-9-8-19-38(41)39-24-22-31(27-42(39)43)30-21-23-37-35-17-5-4-15-33(35)34-16-6-7-18-36(34)40(37)26-30/h1-2,4-5,7-10,13-15,17-24,26,28,31-33,35,37-42H,3,6,11-12,16,25,27H2. The quantitative estimate of drug-likeness (QED) is 0.309. The van der Waals surface area contributed by atoms with Crippen molar-refractivity contribution in [2.75, 3.05) is 0 Å². The average molecular weight is 564 g/mol. The lowest BCUT2D eigenvalue weighted by Crippen LogP contribution is -2.46. The van der Waals surface area contributed by atoms with Crippen molar-refractivity contribution in [1.29, 1.82) is 0 Å². The summed E-state index contributed by atoms with van der Waals surface area (Å²) in [7, 11) is 0. The zero-order valence-electron chi connectivity index (χ0n) is 25.3. The maximum atomic E-state index is 2.96. The minimum Gasteiger partial charge on any atom is -0.286 e. The molecule has 0 aromatic rings. The molecule has 8 aliphatic carbocycles. The predicted molar refractivity (Wildman–Crippen MR) is 179 cm³/mol. The summed E-state index contributed by atoms with van der Waals surface area (Å²) >= 11 is 0. The lowest BCUT2D eigenvalue weighted by atomic mass is 9.59. The fourth-order valence-electron chi connectivity index (χ4n) is 10.5. The summed E-state index contributed by atoms with van der Waals surface area (Å²) in [5.74, 6) is 4.71. The van der Waals surface area contributed by atoms with Crippen LogP contribution in [0.4, 0.5) is 0 Å². The Labute approximate surface area is 258 Å². The van der Waals surface area contributed by atoms with Gasteiger partial charge < -0.3 is 0 Å². The molecule has 0 amide bonds. The molecule has 0 spiro atoms. The third-order valence-electron chi connectivity index (χ3n) is 12.4. The number of hydrogen-bond acceptors (Lipinski definition) is 1. The van der Waals surface area contributed by atoms with E-state index in [1.165, 1.54) is 44.9 Å². The summed E-state index contributed by atoms with van der Waals surface area (Å²) in [6.07, 6.45) is 58.0. The van der Waals surface area contributed by atoms with Crippen molar-refractivity contribution in [1.82, 2.24) is 4.90 Å².